The Hall–Kier alpha value is -2.21. The fraction of sp³-hybridized carbons (Fsp3) is 0.526. The minimum absolute atomic E-state index is 0.175. The number of imidazole rings is 1. The number of non-ortho nitro benzene ring substituents is 1. The molecule has 0 radical (unpaired) electrons. The molecule has 0 aliphatic carbocycles. The summed E-state index contributed by atoms with van der Waals surface area (Å²) in [6.45, 7) is 8.27. The van der Waals surface area contributed by atoms with Crippen molar-refractivity contribution in [1.29, 1.82) is 0 Å². The van der Waals surface area contributed by atoms with Crippen LogP contribution in [0.4, 0.5) is 5.69 Å². The highest BCUT2D eigenvalue weighted by atomic mass is 16.6. The summed E-state index contributed by atoms with van der Waals surface area (Å²) in [5, 5.41) is 10.9. The Labute approximate surface area is 148 Å². The number of aromatic nitrogens is 2. The van der Waals surface area contributed by atoms with Gasteiger partial charge in [-0.3, -0.25) is 15.0 Å². The first kappa shape index (κ1) is 17.6. The molecule has 1 fully saturated rings. The molecule has 2 heterocycles. The molecular weight excluding hydrogens is 316 g/mol. The van der Waals surface area contributed by atoms with E-state index < -0.39 is 0 Å². The van der Waals surface area contributed by atoms with E-state index in [2.05, 4.69) is 34.5 Å². The number of hydrogen-bond acceptors (Lipinski definition) is 4. The molecule has 0 spiro atoms. The number of rotatable bonds is 6. The van der Waals surface area contributed by atoms with Crippen molar-refractivity contribution in [2.24, 2.45) is 5.92 Å². The topological polar surface area (TPSA) is 64.2 Å². The fourth-order valence-corrected chi connectivity index (χ4v) is 3.61. The molecule has 0 atom stereocenters. The third kappa shape index (κ3) is 4.45. The van der Waals surface area contributed by atoms with Crippen LogP contribution >= 0.6 is 0 Å². The first-order valence-electron chi connectivity index (χ1n) is 8.99. The van der Waals surface area contributed by atoms with Crippen molar-refractivity contribution >= 4 is 5.69 Å². The van der Waals surface area contributed by atoms with Crippen LogP contribution in [0.3, 0.4) is 0 Å². The Balaban J connectivity index is 1.53. The molecule has 3 rings (SSSR count). The normalized spacial score (nSPS) is 16.4. The van der Waals surface area contributed by atoms with Gasteiger partial charge in [-0.2, -0.15) is 0 Å². The molecule has 1 aliphatic heterocycles. The molecule has 25 heavy (non-hydrogen) atoms. The Morgan fingerprint density at radius 2 is 2.08 bits per heavy atom. The Bertz CT molecular complexity index is 718. The predicted octanol–water partition coefficient (Wildman–Crippen LogP) is 3.83. The SMILES string of the molecule is CC(C)c1nccn1CC1CCN(Cc2cccc([N+](=O)[O-])c2)CC1. The maximum atomic E-state index is 10.9. The number of nitro groups is 1. The van der Waals surface area contributed by atoms with Crippen LogP contribution in [0.5, 0.6) is 0 Å². The minimum Gasteiger partial charge on any atom is -0.334 e. The van der Waals surface area contributed by atoms with Gasteiger partial charge in [-0.25, -0.2) is 4.98 Å². The van der Waals surface area contributed by atoms with E-state index in [-0.39, 0.29) is 10.6 Å². The molecule has 1 aromatic carbocycles. The van der Waals surface area contributed by atoms with E-state index in [4.69, 9.17) is 0 Å². The van der Waals surface area contributed by atoms with Gasteiger partial charge in [0, 0.05) is 43.5 Å². The van der Waals surface area contributed by atoms with Gasteiger partial charge in [0.25, 0.3) is 5.69 Å². The Morgan fingerprint density at radius 1 is 1.32 bits per heavy atom. The average molecular weight is 342 g/mol. The summed E-state index contributed by atoms with van der Waals surface area (Å²) in [7, 11) is 0. The molecule has 1 saturated heterocycles. The summed E-state index contributed by atoms with van der Waals surface area (Å²) in [5.74, 6) is 2.29. The van der Waals surface area contributed by atoms with Crippen molar-refractivity contribution in [3.8, 4) is 0 Å². The van der Waals surface area contributed by atoms with E-state index in [0.29, 0.717) is 11.8 Å². The van der Waals surface area contributed by atoms with Crippen molar-refractivity contribution < 1.29 is 4.92 Å². The number of nitrogens with zero attached hydrogens (tertiary/aromatic N) is 4. The van der Waals surface area contributed by atoms with Gasteiger partial charge in [-0.15, -0.1) is 0 Å². The summed E-state index contributed by atoms with van der Waals surface area (Å²) in [4.78, 5) is 17.4. The highest BCUT2D eigenvalue weighted by Crippen LogP contribution is 2.23. The summed E-state index contributed by atoms with van der Waals surface area (Å²) in [6, 6.07) is 6.98. The summed E-state index contributed by atoms with van der Waals surface area (Å²) in [6.07, 6.45) is 6.30. The first-order chi connectivity index (χ1) is 12.0. The summed E-state index contributed by atoms with van der Waals surface area (Å²) >= 11 is 0. The quantitative estimate of drug-likeness (QED) is 0.591. The van der Waals surface area contributed by atoms with Gasteiger partial charge in [-0.05, 0) is 37.4 Å². The first-order valence-corrected chi connectivity index (χ1v) is 8.99. The van der Waals surface area contributed by atoms with Crippen LogP contribution in [0.2, 0.25) is 0 Å². The van der Waals surface area contributed by atoms with Crippen molar-refractivity contribution in [3.05, 3.63) is 58.2 Å². The Morgan fingerprint density at radius 3 is 2.76 bits per heavy atom. The summed E-state index contributed by atoms with van der Waals surface area (Å²) in [5.41, 5.74) is 1.19. The van der Waals surface area contributed by atoms with Crippen molar-refractivity contribution in [1.82, 2.24) is 14.5 Å². The molecule has 6 heteroatoms. The zero-order valence-electron chi connectivity index (χ0n) is 15.0. The van der Waals surface area contributed by atoms with Crippen LogP contribution in [-0.2, 0) is 13.1 Å². The largest absolute Gasteiger partial charge is 0.334 e. The lowest BCUT2D eigenvalue weighted by Crippen LogP contribution is -2.34. The molecule has 1 aliphatic rings. The van der Waals surface area contributed by atoms with Gasteiger partial charge >= 0.3 is 0 Å². The zero-order chi connectivity index (χ0) is 17.8. The second-order valence-corrected chi connectivity index (χ2v) is 7.24. The van der Waals surface area contributed by atoms with Gasteiger partial charge in [0.1, 0.15) is 5.82 Å². The molecule has 6 nitrogen and oxygen atoms in total. The van der Waals surface area contributed by atoms with Crippen molar-refractivity contribution in [2.75, 3.05) is 13.1 Å². The highest BCUT2D eigenvalue weighted by molar-refractivity contribution is 5.34. The van der Waals surface area contributed by atoms with Gasteiger partial charge < -0.3 is 4.57 Å². The molecule has 1 aromatic heterocycles. The third-order valence-electron chi connectivity index (χ3n) is 4.95. The van der Waals surface area contributed by atoms with E-state index in [1.54, 1.807) is 18.2 Å². The molecule has 0 N–H and O–H groups in total. The van der Waals surface area contributed by atoms with Crippen LogP contribution in [0, 0.1) is 16.0 Å². The second-order valence-electron chi connectivity index (χ2n) is 7.24. The minimum atomic E-state index is -0.326. The number of hydrogen-bond donors (Lipinski definition) is 0. The average Bonchev–Trinajstić information content (AvgIpc) is 3.05. The molecule has 0 bridgehead atoms. The van der Waals surface area contributed by atoms with Crippen molar-refractivity contribution in [2.45, 2.75) is 45.7 Å². The summed E-state index contributed by atoms with van der Waals surface area (Å²) < 4.78 is 2.30. The van der Waals surface area contributed by atoms with Gasteiger partial charge in [0.15, 0.2) is 0 Å². The van der Waals surface area contributed by atoms with Gasteiger partial charge in [0.2, 0.25) is 0 Å². The van der Waals surface area contributed by atoms with Gasteiger partial charge in [0.05, 0.1) is 4.92 Å². The lowest BCUT2D eigenvalue weighted by molar-refractivity contribution is -0.384. The van der Waals surface area contributed by atoms with Gasteiger partial charge in [-0.1, -0.05) is 26.0 Å². The van der Waals surface area contributed by atoms with E-state index >= 15 is 0 Å². The van der Waals surface area contributed by atoms with E-state index in [9.17, 15) is 10.1 Å². The molecule has 0 unspecified atom stereocenters. The molecule has 0 amide bonds. The van der Waals surface area contributed by atoms with Crippen LogP contribution < -0.4 is 0 Å². The lowest BCUT2D eigenvalue weighted by atomic mass is 9.96. The zero-order valence-corrected chi connectivity index (χ0v) is 15.0. The molecular formula is C19H26N4O2. The molecule has 2 aromatic rings. The van der Waals surface area contributed by atoms with E-state index in [0.717, 1.165) is 44.6 Å². The van der Waals surface area contributed by atoms with E-state index in [1.807, 2.05) is 12.3 Å². The predicted molar refractivity (Wildman–Crippen MR) is 97.4 cm³/mol. The molecule has 0 saturated carbocycles. The third-order valence-corrected chi connectivity index (χ3v) is 4.95. The van der Waals surface area contributed by atoms with Crippen LogP contribution in [0.1, 0.15) is 44.0 Å². The fourth-order valence-electron chi connectivity index (χ4n) is 3.61. The number of likely N-dealkylation sites (tertiary alicyclic amines) is 1. The Kier molecular flexibility index (Phi) is 5.48. The maximum Gasteiger partial charge on any atom is 0.269 e. The highest BCUT2D eigenvalue weighted by Gasteiger charge is 2.21. The number of benzene rings is 1. The monoisotopic (exact) mass is 342 g/mol. The second kappa shape index (κ2) is 7.78. The smallest absolute Gasteiger partial charge is 0.269 e. The van der Waals surface area contributed by atoms with Crippen molar-refractivity contribution in [3.63, 3.8) is 0 Å². The van der Waals surface area contributed by atoms with Crippen LogP contribution in [-0.4, -0.2) is 32.5 Å². The van der Waals surface area contributed by atoms with E-state index in [1.165, 1.54) is 5.82 Å². The van der Waals surface area contributed by atoms with Crippen LogP contribution in [0.15, 0.2) is 36.7 Å². The standard InChI is InChI=1S/C19H26N4O2/c1-15(2)19-20-8-11-22(19)14-16-6-9-21(10-7-16)13-17-4-3-5-18(12-17)23(24)25/h3-5,8,11-12,15-16H,6-7,9-10,13-14H2,1-2H3. The number of nitro benzene ring substituents is 1. The van der Waals surface area contributed by atoms with Crippen LogP contribution in [0.25, 0.3) is 0 Å². The molecule has 134 valence electrons. The number of piperidine rings is 1. The lowest BCUT2D eigenvalue weighted by Gasteiger charge is -2.32. The maximum absolute atomic E-state index is 10.9.